The van der Waals surface area contributed by atoms with Crippen LogP contribution in [0.15, 0.2) is 43.0 Å². The highest BCUT2D eigenvalue weighted by Gasteiger charge is 2.33. The third-order valence-corrected chi connectivity index (χ3v) is 8.19. The number of anilines is 3. The van der Waals surface area contributed by atoms with Gasteiger partial charge >= 0.3 is 0 Å². The predicted octanol–water partition coefficient (Wildman–Crippen LogP) is 6.60. The zero-order chi connectivity index (χ0) is 26.3. The summed E-state index contributed by atoms with van der Waals surface area (Å²) in [4.78, 5) is 23.4. The number of pyridine rings is 3. The van der Waals surface area contributed by atoms with E-state index >= 15 is 0 Å². The maximum atomic E-state index is 6.31. The Bertz CT molecular complexity index is 1490. The SMILES string of the molecule is CC1(C)CNCC[C@@H]1Nc1nc(-c2ccnc(Nc3ncc(Cl)cc3Cl)c2)nc2cncc(C3CCC3)c12. The highest BCUT2D eigenvalue weighted by Crippen LogP contribution is 2.42. The number of nitrogens with zero attached hydrogens (tertiary/aromatic N) is 5. The van der Waals surface area contributed by atoms with Crippen molar-refractivity contribution in [2.24, 2.45) is 5.41 Å². The smallest absolute Gasteiger partial charge is 0.162 e. The molecule has 4 aromatic heterocycles. The fourth-order valence-electron chi connectivity index (χ4n) is 5.24. The molecule has 1 atom stereocenters. The third kappa shape index (κ3) is 5.00. The van der Waals surface area contributed by atoms with Crippen LogP contribution < -0.4 is 16.0 Å². The highest BCUT2D eigenvalue weighted by atomic mass is 35.5. The molecular formula is C28H30Cl2N8. The Labute approximate surface area is 232 Å². The van der Waals surface area contributed by atoms with Crippen molar-refractivity contribution in [2.75, 3.05) is 23.7 Å². The molecule has 1 aliphatic carbocycles. The van der Waals surface area contributed by atoms with Crippen LogP contribution in [0.1, 0.15) is 51.0 Å². The summed E-state index contributed by atoms with van der Waals surface area (Å²) in [7, 11) is 0. The summed E-state index contributed by atoms with van der Waals surface area (Å²) in [6.45, 7) is 6.53. The Balaban J connectivity index is 1.42. The standard InChI is InChI=1S/C28H30Cl2N8/c1-28(2)15-31-8-7-22(28)36-27-24-19(16-4-3-5-16)13-32-14-21(24)35-25(38-27)17-6-9-33-23(10-17)37-26-20(30)11-18(29)12-34-26/h6,9-14,16,22,31H,3-5,7-8,15H2,1-2H3,(H,33,34,37)(H,35,36,38)/t22-/m0/s1. The van der Waals surface area contributed by atoms with Crippen LogP contribution in [0.3, 0.4) is 0 Å². The quantitative estimate of drug-likeness (QED) is 0.247. The molecule has 0 spiro atoms. The maximum Gasteiger partial charge on any atom is 0.162 e. The van der Waals surface area contributed by atoms with Gasteiger partial charge in [0.05, 0.1) is 21.8 Å². The summed E-state index contributed by atoms with van der Waals surface area (Å²) in [5, 5.41) is 12.5. The zero-order valence-electron chi connectivity index (χ0n) is 21.4. The van der Waals surface area contributed by atoms with Crippen molar-refractivity contribution in [3.8, 4) is 11.4 Å². The monoisotopic (exact) mass is 548 g/mol. The lowest BCUT2D eigenvalue weighted by Gasteiger charge is -2.40. The lowest BCUT2D eigenvalue weighted by atomic mass is 9.78. The van der Waals surface area contributed by atoms with E-state index in [1.165, 1.54) is 24.8 Å². The number of piperidine rings is 1. The van der Waals surface area contributed by atoms with Crippen LogP contribution in [0, 0.1) is 5.41 Å². The molecule has 10 heteroatoms. The Morgan fingerprint density at radius 1 is 1.00 bits per heavy atom. The second-order valence-corrected chi connectivity index (χ2v) is 11.7. The first-order chi connectivity index (χ1) is 18.4. The normalized spacial score (nSPS) is 19.2. The van der Waals surface area contributed by atoms with E-state index in [2.05, 4.69) is 44.7 Å². The van der Waals surface area contributed by atoms with Crippen molar-refractivity contribution in [3.05, 3.63) is 58.6 Å². The largest absolute Gasteiger partial charge is 0.366 e. The van der Waals surface area contributed by atoms with Crippen LogP contribution in [-0.4, -0.2) is 44.1 Å². The second-order valence-electron chi connectivity index (χ2n) is 10.8. The maximum absolute atomic E-state index is 6.31. The number of aromatic nitrogens is 5. The zero-order valence-corrected chi connectivity index (χ0v) is 22.9. The van der Waals surface area contributed by atoms with Crippen molar-refractivity contribution < 1.29 is 0 Å². The first-order valence-electron chi connectivity index (χ1n) is 13.0. The Morgan fingerprint density at radius 3 is 2.63 bits per heavy atom. The number of hydrogen-bond donors (Lipinski definition) is 3. The van der Waals surface area contributed by atoms with Gasteiger partial charge in [-0.1, -0.05) is 43.5 Å². The van der Waals surface area contributed by atoms with E-state index in [-0.39, 0.29) is 11.5 Å². The molecule has 2 fully saturated rings. The molecular weight excluding hydrogens is 519 g/mol. The van der Waals surface area contributed by atoms with Gasteiger partial charge in [0.15, 0.2) is 5.82 Å². The van der Waals surface area contributed by atoms with Gasteiger partial charge in [0.25, 0.3) is 0 Å². The van der Waals surface area contributed by atoms with E-state index in [0.29, 0.717) is 33.4 Å². The Hall–Kier alpha value is -3.07. The van der Waals surface area contributed by atoms with Crippen LogP contribution in [0.2, 0.25) is 10.0 Å². The van der Waals surface area contributed by atoms with Crippen LogP contribution in [0.4, 0.5) is 17.5 Å². The molecule has 1 aliphatic heterocycles. The molecule has 0 aromatic carbocycles. The highest BCUT2D eigenvalue weighted by molar-refractivity contribution is 6.36. The molecule has 0 radical (unpaired) electrons. The van der Waals surface area contributed by atoms with Crippen molar-refractivity contribution in [3.63, 3.8) is 0 Å². The average molecular weight is 550 g/mol. The van der Waals surface area contributed by atoms with E-state index in [0.717, 1.165) is 41.8 Å². The van der Waals surface area contributed by atoms with E-state index < -0.39 is 0 Å². The molecule has 0 amide bonds. The van der Waals surface area contributed by atoms with Crippen molar-refractivity contribution in [1.29, 1.82) is 0 Å². The molecule has 4 aromatic rings. The fraction of sp³-hybridized carbons (Fsp3) is 0.393. The van der Waals surface area contributed by atoms with Crippen LogP contribution in [0.25, 0.3) is 22.3 Å². The summed E-state index contributed by atoms with van der Waals surface area (Å²) >= 11 is 12.3. The lowest BCUT2D eigenvalue weighted by molar-refractivity contribution is 0.236. The first kappa shape index (κ1) is 25.2. The molecule has 1 saturated carbocycles. The van der Waals surface area contributed by atoms with Crippen LogP contribution in [0.5, 0.6) is 0 Å². The van der Waals surface area contributed by atoms with Crippen molar-refractivity contribution in [1.82, 2.24) is 30.2 Å². The molecule has 0 bridgehead atoms. The summed E-state index contributed by atoms with van der Waals surface area (Å²) in [6.07, 6.45) is 11.8. The minimum atomic E-state index is 0.0813. The number of hydrogen-bond acceptors (Lipinski definition) is 8. The van der Waals surface area contributed by atoms with Gasteiger partial charge in [-0.05, 0) is 60.9 Å². The lowest BCUT2D eigenvalue weighted by Crippen LogP contribution is -2.49. The van der Waals surface area contributed by atoms with Crippen LogP contribution in [-0.2, 0) is 0 Å². The summed E-state index contributed by atoms with van der Waals surface area (Å²) < 4.78 is 0. The van der Waals surface area contributed by atoms with Gasteiger partial charge in [0.1, 0.15) is 17.5 Å². The Morgan fingerprint density at radius 2 is 1.87 bits per heavy atom. The Kier molecular flexibility index (Phi) is 6.80. The van der Waals surface area contributed by atoms with E-state index in [1.54, 1.807) is 18.5 Å². The fourth-order valence-corrected chi connectivity index (χ4v) is 5.67. The van der Waals surface area contributed by atoms with E-state index in [9.17, 15) is 0 Å². The summed E-state index contributed by atoms with van der Waals surface area (Å²) in [6, 6.07) is 5.73. The molecule has 2 aliphatic rings. The number of rotatable bonds is 6. The topological polar surface area (TPSA) is 101 Å². The number of nitrogens with one attached hydrogen (secondary N) is 3. The van der Waals surface area contributed by atoms with Gasteiger partial charge < -0.3 is 16.0 Å². The van der Waals surface area contributed by atoms with Gasteiger partial charge in [-0.3, -0.25) is 4.98 Å². The molecule has 5 heterocycles. The minimum absolute atomic E-state index is 0.0813. The first-order valence-corrected chi connectivity index (χ1v) is 13.8. The molecule has 1 saturated heterocycles. The predicted molar refractivity (Wildman–Crippen MR) is 153 cm³/mol. The molecule has 8 nitrogen and oxygen atoms in total. The third-order valence-electron chi connectivity index (χ3n) is 7.70. The van der Waals surface area contributed by atoms with Crippen molar-refractivity contribution >= 4 is 51.6 Å². The average Bonchev–Trinajstić information content (AvgIpc) is 2.86. The number of halogens is 2. The van der Waals surface area contributed by atoms with Gasteiger partial charge in [-0.25, -0.2) is 19.9 Å². The molecule has 196 valence electrons. The molecule has 0 unspecified atom stereocenters. The van der Waals surface area contributed by atoms with Crippen molar-refractivity contribution in [2.45, 2.75) is 51.5 Å². The molecule has 6 rings (SSSR count). The second kappa shape index (κ2) is 10.2. The number of fused-ring (bicyclic) bond motifs is 1. The van der Waals surface area contributed by atoms with E-state index in [1.807, 2.05) is 24.5 Å². The van der Waals surface area contributed by atoms with E-state index in [4.69, 9.17) is 33.2 Å². The van der Waals surface area contributed by atoms with Gasteiger partial charge in [-0.15, -0.1) is 0 Å². The molecule has 3 N–H and O–H groups in total. The van der Waals surface area contributed by atoms with Crippen LogP contribution >= 0.6 is 23.2 Å². The van der Waals surface area contributed by atoms with Gasteiger partial charge in [-0.2, -0.15) is 0 Å². The summed E-state index contributed by atoms with van der Waals surface area (Å²) in [5.41, 5.74) is 3.01. The van der Waals surface area contributed by atoms with Gasteiger partial charge in [0.2, 0.25) is 0 Å². The minimum Gasteiger partial charge on any atom is -0.366 e. The van der Waals surface area contributed by atoms with Gasteiger partial charge in [0, 0.05) is 42.1 Å². The summed E-state index contributed by atoms with van der Waals surface area (Å²) in [5.74, 6) is 3.06. The molecule has 38 heavy (non-hydrogen) atoms.